The van der Waals surface area contributed by atoms with Crippen LogP contribution in [-0.2, 0) is 4.79 Å². The van der Waals surface area contributed by atoms with E-state index in [1.807, 2.05) is 11.8 Å². The number of hydrogen-bond donors (Lipinski definition) is 1. The van der Waals surface area contributed by atoms with E-state index in [0.717, 1.165) is 18.9 Å². The summed E-state index contributed by atoms with van der Waals surface area (Å²) in [5, 5.41) is 3.63. The van der Waals surface area contributed by atoms with Gasteiger partial charge in [-0.1, -0.05) is 19.8 Å². The van der Waals surface area contributed by atoms with E-state index >= 15 is 0 Å². The van der Waals surface area contributed by atoms with Crippen LogP contribution in [-0.4, -0.2) is 41.1 Å². The van der Waals surface area contributed by atoms with Gasteiger partial charge >= 0.3 is 0 Å². The van der Waals surface area contributed by atoms with Gasteiger partial charge < -0.3 is 4.90 Å². The summed E-state index contributed by atoms with van der Waals surface area (Å²) >= 11 is 2.05. The molecule has 2 heterocycles. The second-order valence-electron chi connectivity index (χ2n) is 6.34. The number of rotatable bonds is 4. The summed E-state index contributed by atoms with van der Waals surface area (Å²) in [5.74, 6) is 4.34. The maximum Gasteiger partial charge on any atom is 0.241 e. The zero-order valence-electron chi connectivity index (χ0n) is 11.9. The van der Waals surface area contributed by atoms with Gasteiger partial charge in [-0.3, -0.25) is 10.1 Å². The number of hydrogen-bond acceptors (Lipinski definition) is 3. The molecule has 0 aromatic rings. The van der Waals surface area contributed by atoms with E-state index < -0.39 is 0 Å². The molecule has 1 aliphatic carbocycles. The summed E-state index contributed by atoms with van der Waals surface area (Å²) in [5.41, 5.74) is 0. The Morgan fingerprint density at radius 2 is 2.11 bits per heavy atom. The number of thioether (sulfide) groups is 1. The minimum absolute atomic E-state index is 0.0830. The van der Waals surface area contributed by atoms with Crippen molar-refractivity contribution in [3.05, 3.63) is 0 Å². The lowest BCUT2D eigenvalue weighted by Crippen LogP contribution is -2.44. The van der Waals surface area contributed by atoms with Crippen LogP contribution >= 0.6 is 11.8 Å². The fraction of sp³-hybridized carbons (Fsp3) is 0.933. The van der Waals surface area contributed by atoms with Crippen LogP contribution in [0.3, 0.4) is 0 Å². The van der Waals surface area contributed by atoms with Gasteiger partial charge in [-0.05, 0) is 49.0 Å². The van der Waals surface area contributed by atoms with Crippen molar-refractivity contribution in [1.82, 2.24) is 10.2 Å². The van der Waals surface area contributed by atoms with E-state index in [9.17, 15) is 4.79 Å². The average Bonchev–Trinajstić information content (AvgIpc) is 3.13. The van der Waals surface area contributed by atoms with E-state index in [1.165, 1.54) is 43.6 Å². The minimum Gasteiger partial charge on any atom is -0.325 e. The van der Waals surface area contributed by atoms with E-state index in [1.54, 1.807) is 0 Å². The number of carbonyl (C=O) groups is 1. The lowest BCUT2D eigenvalue weighted by atomic mass is 10.0. The molecular formula is C15H26N2OS. The molecule has 0 radical (unpaired) electrons. The molecule has 3 unspecified atom stereocenters. The van der Waals surface area contributed by atoms with Crippen molar-refractivity contribution in [3.8, 4) is 0 Å². The molecule has 3 nitrogen and oxygen atoms in total. The Bertz CT molecular complexity index is 324. The van der Waals surface area contributed by atoms with Gasteiger partial charge in [-0.25, -0.2) is 0 Å². The molecule has 0 aromatic carbocycles. The van der Waals surface area contributed by atoms with Crippen LogP contribution in [0.2, 0.25) is 0 Å². The first-order chi connectivity index (χ1) is 9.29. The largest absolute Gasteiger partial charge is 0.325 e. The second-order valence-corrected chi connectivity index (χ2v) is 7.49. The highest BCUT2D eigenvalue weighted by molar-refractivity contribution is 7.99. The molecular weight excluding hydrogens is 256 g/mol. The molecule has 3 aliphatic rings. The van der Waals surface area contributed by atoms with Crippen molar-refractivity contribution in [2.75, 3.05) is 18.1 Å². The van der Waals surface area contributed by atoms with Crippen LogP contribution in [0.5, 0.6) is 0 Å². The van der Waals surface area contributed by atoms with E-state index in [-0.39, 0.29) is 6.04 Å². The molecule has 3 fully saturated rings. The van der Waals surface area contributed by atoms with Crippen molar-refractivity contribution in [3.63, 3.8) is 0 Å². The summed E-state index contributed by atoms with van der Waals surface area (Å²) in [6.45, 7) is 3.12. The van der Waals surface area contributed by atoms with Crippen LogP contribution in [0.1, 0.15) is 45.4 Å². The predicted molar refractivity (Wildman–Crippen MR) is 80.1 cm³/mol. The van der Waals surface area contributed by atoms with Crippen molar-refractivity contribution in [2.45, 2.75) is 57.7 Å². The molecule has 0 spiro atoms. The Kier molecular flexibility index (Phi) is 4.37. The third-order valence-corrected chi connectivity index (χ3v) is 6.25. The van der Waals surface area contributed by atoms with Gasteiger partial charge in [0.1, 0.15) is 0 Å². The van der Waals surface area contributed by atoms with Gasteiger partial charge in [0.2, 0.25) is 5.91 Å². The molecule has 0 aromatic heterocycles. The molecule has 2 aliphatic heterocycles. The molecule has 4 heteroatoms. The summed E-state index contributed by atoms with van der Waals surface area (Å²) in [7, 11) is 0. The van der Waals surface area contributed by atoms with Crippen molar-refractivity contribution in [1.29, 1.82) is 0 Å². The molecule has 19 heavy (non-hydrogen) atoms. The Balaban J connectivity index is 1.69. The topological polar surface area (TPSA) is 32.3 Å². The zero-order chi connectivity index (χ0) is 13.2. The Morgan fingerprint density at radius 3 is 2.74 bits per heavy atom. The second kappa shape index (κ2) is 6.04. The Labute approximate surface area is 120 Å². The van der Waals surface area contributed by atoms with Crippen molar-refractivity contribution in [2.24, 2.45) is 11.8 Å². The molecule has 1 saturated carbocycles. The maximum atomic E-state index is 12.5. The van der Waals surface area contributed by atoms with E-state index in [0.29, 0.717) is 18.0 Å². The highest BCUT2D eigenvalue weighted by Crippen LogP contribution is 2.34. The quantitative estimate of drug-likeness (QED) is 0.860. The van der Waals surface area contributed by atoms with Gasteiger partial charge in [0.25, 0.3) is 0 Å². The standard InChI is InChI=1S/C15H26N2OS/c1-2-13-15(18)17(9-11-7-8-19-10-11)14(16-13)12-5-3-4-6-12/h11-14,16H,2-10H2,1H3. The van der Waals surface area contributed by atoms with Gasteiger partial charge in [0.05, 0.1) is 12.2 Å². The monoisotopic (exact) mass is 282 g/mol. The van der Waals surface area contributed by atoms with Gasteiger partial charge in [-0.15, -0.1) is 0 Å². The molecule has 1 N–H and O–H groups in total. The molecule has 3 rings (SSSR count). The highest BCUT2D eigenvalue weighted by atomic mass is 32.2. The smallest absolute Gasteiger partial charge is 0.241 e. The third kappa shape index (κ3) is 2.80. The summed E-state index contributed by atoms with van der Waals surface area (Å²) in [6, 6.07) is 0.0830. The third-order valence-electron chi connectivity index (χ3n) is 5.02. The molecule has 1 amide bonds. The van der Waals surface area contributed by atoms with Crippen LogP contribution < -0.4 is 5.32 Å². The number of nitrogens with zero attached hydrogens (tertiary/aromatic N) is 1. The molecule has 108 valence electrons. The Morgan fingerprint density at radius 1 is 1.32 bits per heavy atom. The highest BCUT2D eigenvalue weighted by Gasteiger charge is 2.43. The van der Waals surface area contributed by atoms with Gasteiger partial charge in [0.15, 0.2) is 0 Å². The number of carbonyl (C=O) groups excluding carboxylic acids is 1. The molecule has 3 atom stereocenters. The average molecular weight is 282 g/mol. The minimum atomic E-state index is 0.0830. The zero-order valence-corrected chi connectivity index (χ0v) is 12.8. The Hall–Kier alpha value is -0.220. The van der Waals surface area contributed by atoms with E-state index in [2.05, 4.69) is 17.1 Å². The fourth-order valence-corrected chi connectivity index (χ4v) is 5.14. The molecule has 2 saturated heterocycles. The van der Waals surface area contributed by atoms with Crippen LogP contribution in [0.25, 0.3) is 0 Å². The summed E-state index contributed by atoms with van der Waals surface area (Å²) in [6.07, 6.45) is 7.86. The van der Waals surface area contributed by atoms with E-state index in [4.69, 9.17) is 0 Å². The lowest BCUT2D eigenvalue weighted by molar-refractivity contribution is -0.131. The predicted octanol–water partition coefficient (Wildman–Crippen LogP) is 2.47. The first kappa shape index (κ1) is 13.7. The van der Waals surface area contributed by atoms with Gasteiger partial charge in [-0.2, -0.15) is 11.8 Å². The summed E-state index contributed by atoms with van der Waals surface area (Å²) in [4.78, 5) is 14.8. The summed E-state index contributed by atoms with van der Waals surface area (Å²) < 4.78 is 0. The fourth-order valence-electron chi connectivity index (χ4n) is 3.87. The normalized spacial score (nSPS) is 36.6. The van der Waals surface area contributed by atoms with Gasteiger partial charge in [0, 0.05) is 6.54 Å². The number of nitrogens with one attached hydrogen (secondary N) is 1. The first-order valence-electron chi connectivity index (χ1n) is 7.94. The SMILES string of the molecule is CCC1NC(C2CCCC2)N(CC2CCSC2)C1=O. The first-order valence-corrected chi connectivity index (χ1v) is 9.09. The van der Waals surface area contributed by atoms with Crippen LogP contribution in [0.4, 0.5) is 0 Å². The number of amides is 1. The maximum absolute atomic E-state index is 12.5. The van der Waals surface area contributed by atoms with Crippen LogP contribution in [0, 0.1) is 11.8 Å². The van der Waals surface area contributed by atoms with Crippen molar-refractivity contribution < 1.29 is 4.79 Å². The molecule has 0 bridgehead atoms. The lowest BCUT2D eigenvalue weighted by Gasteiger charge is -2.30. The van der Waals surface area contributed by atoms with Crippen molar-refractivity contribution >= 4 is 17.7 Å². The van der Waals surface area contributed by atoms with Crippen LogP contribution in [0.15, 0.2) is 0 Å².